The molecule has 1 atom stereocenters. The second-order valence-electron chi connectivity index (χ2n) is 6.24. The summed E-state index contributed by atoms with van der Waals surface area (Å²) in [5, 5.41) is 4.60. The normalized spacial score (nSPS) is 12.4. The van der Waals surface area contributed by atoms with E-state index in [0.717, 1.165) is 28.2 Å². The molecule has 4 aromatic rings. The minimum absolute atomic E-state index is 0.166. The Morgan fingerprint density at radius 2 is 1.42 bits per heavy atom. The van der Waals surface area contributed by atoms with Gasteiger partial charge in [0.1, 0.15) is 0 Å². The average molecular weight is 310 g/mol. The highest BCUT2D eigenvalue weighted by Crippen LogP contribution is 2.32. The van der Waals surface area contributed by atoms with Crippen LogP contribution < -0.4 is 0 Å². The summed E-state index contributed by atoms with van der Waals surface area (Å²) in [4.78, 5) is 11.8. The first-order valence-corrected chi connectivity index (χ1v) is 8.23. The quantitative estimate of drug-likeness (QED) is 0.427. The van der Waals surface area contributed by atoms with E-state index in [1.807, 2.05) is 24.3 Å². The van der Waals surface area contributed by atoms with Gasteiger partial charge < -0.3 is 0 Å². The van der Waals surface area contributed by atoms with Crippen LogP contribution in [0.25, 0.3) is 21.5 Å². The third kappa shape index (κ3) is 2.39. The fraction of sp³-hybridized carbons (Fsp3) is 0.0870. The number of hydrogen-bond donors (Lipinski definition) is 0. The zero-order valence-corrected chi connectivity index (χ0v) is 13.6. The fourth-order valence-corrected chi connectivity index (χ4v) is 3.48. The molecule has 0 aromatic heterocycles. The minimum Gasteiger partial charge on any atom is -0.298 e. The van der Waals surface area contributed by atoms with Crippen molar-refractivity contribution in [1.82, 2.24) is 0 Å². The fourth-order valence-electron chi connectivity index (χ4n) is 3.48. The summed E-state index contributed by atoms with van der Waals surface area (Å²) in [5.41, 5.74) is 3.11. The molecule has 1 unspecified atom stereocenters. The van der Waals surface area contributed by atoms with Gasteiger partial charge in [0.2, 0.25) is 0 Å². The molecule has 0 N–H and O–H groups in total. The zero-order chi connectivity index (χ0) is 16.5. The van der Waals surface area contributed by atoms with E-state index in [4.69, 9.17) is 0 Å². The van der Waals surface area contributed by atoms with Gasteiger partial charge in [-0.1, -0.05) is 85.8 Å². The lowest BCUT2D eigenvalue weighted by atomic mass is 9.87. The summed E-state index contributed by atoms with van der Waals surface area (Å²) in [7, 11) is 0. The van der Waals surface area contributed by atoms with Crippen molar-refractivity contribution in [3.8, 4) is 0 Å². The molecule has 1 nitrogen and oxygen atoms in total. The molecule has 0 aliphatic rings. The number of hydrogen-bond acceptors (Lipinski definition) is 1. The maximum Gasteiger partial charge on any atom is 0.150 e. The Hall–Kier alpha value is -2.93. The van der Waals surface area contributed by atoms with Crippen molar-refractivity contribution in [2.24, 2.45) is 0 Å². The predicted octanol–water partition coefficient (Wildman–Crippen LogP) is 5.96. The molecule has 0 saturated carbocycles. The Bertz CT molecular complexity index is 1050. The van der Waals surface area contributed by atoms with Gasteiger partial charge in [-0.05, 0) is 32.7 Å². The molecule has 4 aromatic carbocycles. The van der Waals surface area contributed by atoms with Crippen molar-refractivity contribution in [2.75, 3.05) is 0 Å². The summed E-state index contributed by atoms with van der Waals surface area (Å²) in [6, 6.07) is 27.2. The van der Waals surface area contributed by atoms with Crippen molar-refractivity contribution in [3.05, 3.63) is 95.6 Å². The van der Waals surface area contributed by atoms with Crippen LogP contribution in [0.1, 0.15) is 34.3 Å². The highest BCUT2D eigenvalue weighted by atomic mass is 16.1. The molecular weight excluding hydrogens is 292 g/mol. The predicted molar refractivity (Wildman–Crippen MR) is 101 cm³/mol. The van der Waals surface area contributed by atoms with Gasteiger partial charge in [0, 0.05) is 11.5 Å². The monoisotopic (exact) mass is 310 g/mol. The van der Waals surface area contributed by atoms with Crippen molar-refractivity contribution < 1.29 is 4.79 Å². The summed E-state index contributed by atoms with van der Waals surface area (Å²) < 4.78 is 0. The Labute approximate surface area is 141 Å². The Kier molecular flexibility index (Phi) is 3.62. The van der Waals surface area contributed by atoms with Crippen molar-refractivity contribution in [3.63, 3.8) is 0 Å². The standard InChI is InChI=1S/C23H18O/c1-16(19-11-10-17-6-2-3-8-20(17)14-19)21-13-12-18-7-4-5-9-22(18)23(21)15-24/h2-16H,1H3. The van der Waals surface area contributed by atoms with Gasteiger partial charge >= 0.3 is 0 Å². The van der Waals surface area contributed by atoms with Gasteiger partial charge in [0.15, 0.2) is 6.29 Å². The van der Waals surface area contributed by atoms with Crippen LogP contribution >= 0.6 is 0 Å². The summed E-state index contributed by atoms with van der Waals surface area (Å²) in [6.07, 6.45) is 0.995. The van der Waals surface area contributed by atoms with E-state index in [1.165, 1.54) is 16.3 Å². The summed E-state index contributed by atoms with van der Waals surface area (Å²) in [6.45, 7) is 2.17. The highest BCUT2D eigenvalue weighted by molar-refractivity contribution is 6.00. The van der Waals surface area contributed by atoms with E-state index in [9.17, 15) is 4.79 Å². The van der Waals surface area contributed by atoms with E-state index in [-0.39, 0.29) is 5.92 Å². The molecule has 116 valence electrons. The molecule has 0 heterocycles. The molecule has 4 rings (SSSR count). The number of benzene rings is 4. The first-order chi connectivity index (χ1) is 11.8. The van der Waals surface area contributed by atoms with Crippen LogP contribution in [0.15, 0.2) is 78.9 Å². The van der Waals surface area contributed by atoms with Crippen LogP contribution in [-0.2, 0) is 0 Å². The smallest absolute Gasteiger partial charge is 0.150 e. The number of carbonyl (C=O) groups is 1. The summed E-state index contributed by atoms with van der Waals surface area (Å²) >= 11 is 0. The van der Waals surface area contributed by atoms with E-state index in [0.29, 0.717) is 0 Å². The molecule has 0 aliphatic carbocycles. The van der Waals surface area contributed by atoms with E-state index >= 15 is 0 Å². The van der Waals surface area contributed by atoms with Crippen LogP contribution in [0.2, 0.25) is 0 Å². The molecular formula is C23H18O. The lowest BCUT2D eigenvalue weighted by Crippen LogP contribution is -2.01. The minimum atomic E-state index is 0.166. The molecule has 0 spiro atoms. The lowest BCUT2D eigenvalue weighted by molar-refractivity contribution is 0.112. The summed E-state index contributed by atoms with van der Waals surface area (Å²) in [5.74, 6) is 0.166. The first kappa shape index (κ1) is 14.6. The molecule has 0 fully saturated rings. The van der Waals surface area contributed by atoms with Crippen LogP contribution in [-0.4, -0.2) is 6.29 Å². The van der Waals surface area contributed by atoms with Gasteiger partial charge in [0.25, 0.3) is 0 Å². The Morgan fingerprint density at radius 1 is 0.750 bits per heavy atom. The van der Waals surface area contributed by atoms with E-state index in [2.05, 4.69) is 61.5 Å². The lowest BCUT2D eigenvalue weighted by Gasteiger charge is -2.17. The molecule has 0 saturated heterocycles. The van der Waals surface area contributed by atoms with Crippen LogP contribution in [0, 0.1) is 0 Å². The maximum atomic E-state index is 11.8. The number of aldehydes is 1. The molecule has 1 heteroatoms. The average Bonchev–Trinajstić information content (AvgIpc) is 2.66. The van der Waals surface area contributed by atoms with Gasteiger partial charge in [-0.15, -0.1) is 0 Å². The number of rotatable bonds is 3. The van der Waals surface area contributed by atoms with E-state index < -0.39 is 0 Å². The molecule has 0 bridgehead atoms. The van der Waals surface area contributed by atoms with Crippen molar-refractivity contribution >= 4 is 27.8 Å². The van der Waals surface area contributed by atoms with Crippen LogP contribution in [0.4, 0.5) is 0 Å². The molecule has 0 aliphatic heterocycles. The third-order valence-corrected chi connectivity index (χ3v) is 4.86. The SMILES string of the molecule is CC(c1ccc2ccccc2c1)c1ccc2ccccc2c1C=O. The first-order valence-electron chi connectivity index (χ1n) is 8.23. The van der Waals surface area contributed by atoms with Gasteiger partial charge in [-0.2, -0.15) is 0 Å². The van der Waals surface area contributed by atoms with Gasteiger partial charge in [0.05, 0.1) is 0 Å². The van der Waals surface area contributed by atoms with E-state index in [1.54, 1.807) is 0 Å². The second-order valence-corrected chi connectivity index (χ2v) is 6.24. The van der Waals surface area contributed by atoms with Crippen molar-refractivity contribution in [1.29, 1.82) is 0 Å². The largest absolute Gasteiger partial charge is 0.298 e. The molecule has 0 amide bonds. The van der Waals surface area contributed by atoms with Crippen molar-refractivity contribution in [2.45, 2.75) is 12.8 Å². The second kappa shape index (κ2) is 5.93. The zero-order valence-electron chi connectivity index (χ0n) is 13.6. The molecule has 0 radical (unpaired) electrons. The maximum absolute atomic E-state index is 11.8. The van der Waals surface area contributed by atoms with Crippen LogP contribution in [0.5, 0.6) is 0 Å². The third-order valence-electron chi connectivity index (χ3n) is 4.86. The molecule has 24 heavy (non-hydrogen) atoms. The highest BCUT2D eigenvalue weighted by Gasteiger charge is 2.15. The number of fused-ring (bicyclic) bond motifs is 2. The van der Waals surface area contributed by atoms with Gasteiger partial charge in [-0.3, -0.25) is 4.79 Å². The Morgan fingerprint density at radius 3 is 2.21 bits per heavy atom. The number of carbonyl (C=O) groups excluding carboxylic acids is 1. The topological polar surface area (TPSA) is 17.1 Å². The van der Waals surface area contributed by atoms with Gasteiger partial charge in [-0.25, -0.2) is 0 Å². The van der Waals surface area contributed by atoms with Crippen LogP contribution in [0.3, 0.4) is 0 Å². The Balaban J connectivity index is 1.87.